The molecular weight excluding hydrogens is 272 g/mol. The molecule has 2 aliphatic rings. The minimum absolute atomic E-state index is 0.0107. The molecule has 2 unspecified atom stereocenters. The lowest BCUT2D eigenvalue weighted by Gasteiger charge is -2.21. The molecule has 1 aromatic rings. The molecule has 7 nitrogen and oxygen atoms in total. The highest BCUT2D eigenvalue weighted by atomic mass is 16.4. The molecule has 2 atom stereocenters. The molecule has 114 valence electrons. The van der Waals surface area contributed by atoms with Gasteiger partial charge in [0.05, 0.1) is 5.69 Å². The van der Waals surface area contributed by atoms with Crippen molar-refractivity contribution < 1.29 is 14.7 Å². The van der Waals surface area contributed by atoms with Gasteiger partial charge >= 0.3 is 12.0 Å². The Hall–Kier alpha value is -2.02. The van der Waals surface area contributed by atoms with Gasteiger partial charge in [-0.25, -0.2) is 9.59 Å². The fourth-order valence-electron chi connectivity index (χ4n) is 3.43. The van der Waals surface area contributed by atoms with Gasteiger partial charge in [0.1, 0.15) is 5.69 Å². The maximum atomic E-state index is 12.1. The SMILES string of the molecule is Cc1cc(NC(=O)NC2CCN3CCCC23)c(C(=O)O)[nH]1. The van der Waals surface area contributed by atoms with E-state index in [1.807, 2.05) is 0 Å². The van der Waals surface area contributed by atoms with Crippen molar-refractivity contribution in [2.75, 3.05) is 18.4 Å². The van der Waals surface area contributed by atoms with Gasteiger partial charge in [0, 0.05) is 24.3 Å². The van der Waals surface area contributed by atoms with E-state index in [4.69, 9.17) is 5.11 Å². The van der Waals surface area contributed by atoms with Gasteiger partial charge in [0.25, 0.3) is 0 Å². The molecule has 3 rings (SSSR count). The number of aromatic nitrogens is 1. The van der Waals surface area contributed by atoms with Crippen molar-refractivity contribution in [3.05, 3.63) is 17.5 Å². The number of aromatic amines is 1. The Labute approximate surface area is 122 Å². The van der Waals surface area contributed by atoms with Crippen LogP contribution in [0.4, 0.5) is 10.5 Å². The highest BCUT2D eigenvalue weighted by Crippen LogP contribution is 2.28. The first-order valence-electron chi connectivity index (χ1n) is 7.29. The number of hydrogen-bond acceptors (Lipinski definition) is 3. The first kappa shape index (κ1) is 13.9. The molecule has 0 aliphatic carbocycles. The average Bonchev–Trinajstić information content (AvgIpc) is 3.07. The van der Waals surface area contributed by atoms with Crippen LogP contribution in [0.1, 0.15) is 35.4 Å². The number of carbonyl (C=O) groups excluding carboxylic acids is 1. The number of amides is 2. The third kappa shape index (κ3) is 2.73. The zero-order valence-electron chi connectivity index (χ0n) is 12.0. The summed E-state index contributed by atoms with van der Waals surface area (Å²) in [5, 5.41) is 14.7. The van der Waals surface area contributed by atoms with E-state index in [0.29, 0.717) is 17.4 Å². The predicted octanol–water partition coefficient (Wildman–Crippen LogP) is 1.38. The number of nitrogens with one attached hydrogen (secondary N) is 3. The van der Waals surface area contributed by atoms with Gasteiger partial charge in [-0.15, -0.1) is 0 Å². The number of H-pyrrole nitrogens is 1. The first-order valence-corrected chi connectivity index (χ1v) is 7.29. The Morgan fingerprint density at radius 2 is 2.19 bits per heavy atom. The van der Waals surface area contributed by atoms with Crippen LogP contribution < -0.4 is 10.6 Å². The van der Waals surface area contributed by atoms with Crippen molar-refractivity contribution in [2.24, 2.45) is 0 Å². The van der Waals surface area contributed by atoms with Crippen molar-refractivity contribution in [3.63, 3.8) is 0 Å². The summed E-state index contributed by atoms with van der Waals surface area (Å²) in [6.45, 7) is 3.90. The van der Waals surface area contributed by atoms with E-state index in [-0.39, 0.29) is 17.8 Å². The van der Waals surface area contributed by atoms with E-state index < -0.39 is 5.97 Å². The van der Waals surface area contributed by atoms with Gasteiger partial charge in [0.15, 0.2) is 0 Å². The molecule has 2 amide bonds. The van der Waals surface area contributed by atoms with Crippen LogP contribution in [0.2, 0.25) is 0 Å². The number of fused-ring (bicyclic) bond motifs is 1. The lowest BCUT2D eigenvalue weighted by molar-refractivity contribution is 0.0692. The third-order valence-corrected chi connectivity index (χ3v) is 4.34. The van der Waals surface area contributed by atoms with E-state index in [2.05, 4.69) is 20.5 Å². The Morgan fingerprint density at radius 1 is 1.38 bits per heavy atom. The monoisotopic (exact) mass is 292 g/mol. The lowest BCUT2D eigenvalue weighted by atomic mass is 10.1. The number of carboxylic acids is 1. The van der Waals surface area contributed by atoms with Gasteiger partial charge in [-0.05, 0) is 38.8 Å². The van der Waals surface area contributed by atoms with Crippen LogP contribution in [0.5, 0.6) is 0 Å². The molecule has 3 heterocycles. The summed E-state index contributed by atoms with van der Waals surface area (Å²) in [7, 11) is 0. The van der Waals surface area contributed by atoms with Gasteiger partial charge in [-0.3, -0.25) is 4.90 Å². The van der Waals surface area contributed by atoms with E-state index in [1.54, 1.807) is 13.0 Å². The quantitative estimate of drug-likeness (QED) is 0.676. The van der Waals surface area contributed by atoms with Gasteiger partial charge in [-0.1, -0.05) is 0 Å². The molecule has 2 fully saturated rings. The van der Waals surface area contributed by atoms with E-state index in [9.17, 15) is 9.59 Å². The second kappa shape index (κ2) is 5.40. The van der Waals surface area contributed by atoms with Crippen LogP contribution in [0.15, 0.2) is 6.07 Å². The van der Waals surface area contributed by atoms with Crippen LogP contribution in [0.3, 0.4) is 0 Å². The first-order chi connectivity index (χ1) is 10.0. The Morgan fingerprint density at radius 3 is 2.95 bits per heavy atom. The highest BCUT2D eigenvalue weighted by molar-refractivity contribution is 5.99. The van der Waals surface area contributed by atoms with Crippen molar-refractivity contribution in [3.8, 4) is 0 Å². The topological polar surface area (TPSA) is 97.5 Å². The molecular formula is C14H20N4O3. The summed E-state index contributed by atoms with van der Waals surface area (Å²) in [4.78, 5) is 28.3. The Bertz CT molecular complexity index is 569. The largest absolute Gasteiger partial charge is 0.477 e. The molecule has 0 radical (unpaired) electrons. The molecule has 2 saturated heterocycles. The third-order valence-electron chi connectivity index (χ3n) is 4.34. The fraction of sp³-hybridized carbons (Fsp3) is 0.571. The minimum Gasteiger partial charge on any atom is -0.477 e. The molecule has 0 bridgehead atoms. The second-order valence-electron chi connectivity index (χ2n) is 5.79. The zero-order valence-corrected chi connectivity index (χ0v) is 12.0. The molecule has 0 aromatic carbocycles. The second-order valence-corrected chi connectivity index (χ2v) is 5.79. The van der Waals surface area contributed by atoms with Crippen LogP contribution in [0, 0.1) is 6.92 Å². The van der Waals surface area contributed by atoms with Crippen LogP contribution in [-0.2, 0) is 0 Å². The van der Waals surface area contributed by atoms with E-state index in [1.165, 1.54) is 6.42 Å². The summed E-state index contributed by atoms with van der Waals surface area (Å²) in [5.74, 6) is -1.08. The molecule has 7 heteroatoms. The number of carboxylic acid groups (broad SMARTS) is 1. The maximum absolute atomic E-state index is 12.1. The fourth-order valence-corrected chi connectivity index (χ4v) is 3.43. The molecule has 0 saturated carbocycles. The highest BCUT2D eigenvalue weighted by Gasteiger charge is 2.37. The van der Waals surface area contributed by atoms with Gasteiger partial charge < -0.3 is 20.7 Å². The summed E-state index contributed by atoms with van der Waals surface area (Å²) >= 11 is 0. The molecule has 21 heavy (non-hydrogen) atoms. The standard InChI is InChI=1S/C14H20N4O3/c1-8-7-10(12(15-8)13(19)20)17-14(21)16-9-4-6-18-5-2-3-11(9)18/h7,9,11,15H,2-6H2,1H3,(H,19,20)(H2,16,17,21). The predicted molar refractivity (Wildman–Crippen MR) is 77.6 cm³/mol. The van der Waals surface area contributed by atoms with Gasteiger partial charge in [0.2, 0.25) is 0 Å². The summed E-state index contributed by atoms with van der Waals surface area (Å²) in [6.07, 6.45) is 3.26. The molecule has 2 aliphatic heterocycles. The number of rotatable bonds is 3. The number of hydrogen-bond donors (Lipinski definition) is 4. The number of carbonyl (C=O) groups is 2. The van der Waals surface area contributed by atoms with Gasteiger partial charge in [-0.2, -0.15) is 0 Å². The van der Waals surface area contributed by atoms with Crippen molar-refractivity contribution in [1.29, 1.82) is 0 Å². The van der Waals surface area contributed by atoms with Crippen molar-refractivity contribution >= 4 is 17.7 Å². The zero-order chi connectivity index (χ0) is 15.0. The maximum Gasteiger partial charge on any atom is 0.354 e. The van der Waals surface area contributed by atoms with Crippen LogP contribution in [0.25, 0.3) is 0 Å². The van der Waals surface area contributed by atoms with Crippen LogP contribution >= 0.6 is 0 Å². The Kier molecular flexibility index (Phi) is 3.59. The minimum atomic E-state index is -1.08. The molecule has 0 spiro atoms. The molecule has 4 N–H and O–H groups in total. The normalized spacial score (nSPS) is 24.8. The Balaban J connectivity index is 1.63. The van der Waals surface area contributed by atoms with E-state index in [0.717, 1.165) is 25.9 Å². The summed E-state index contributed by atoms with van der Waals surface area (Å²) < 4.78 is 0. The summed E-state index contributed by atoms with van der Waals surface area (Å²) in [6, 6.07) is 1.87. The number of urea groups is 1. The molecule has 1 aromatic heterocycles. The number of aromatic carboxylic acids is 1. The number of anilines is 1. The van der Waals surface area contributed by atoms with Crippen LogP contribution in [-0.4, -0.2) is 52.2 Å². The van der Waals surface area contributed by atoms with Crippen molar-refractivity contribution in [2.45, 2.75) is 38.3 Å². The van der Waals surface area contributed by atoms with Crippen molar-refractivity contribution in [1.82, 2.24) is 15.2 Å². The number of nitrogens with zero attached hydrogens (tertiary/aromatic N) is 1. The smallest absolute Gasteiger partial charge is 0.354 e. The van der Waals surface area contributed by atoms with E-state index >= 15 is 0 Å². The summed E-state index contributed by atoms with van der Waals surface area (Å²) in [5.41, 5.74) is 1.01. The average molecular weight is 292 g/mol. The number of aryl methyl sites for hydroxylation is 1. The lowest BCUT2D eigenvalue weighted by Crippen LogP contribution is -2.44.